The third-order valence-electron chi connectivity index (χ3n) is 8.02. The zero-order valence-corrected chi connectivity index (χ0v) is 20.4. The SMILES string of the molecule is CCCCCN1CCN(CCN2CCC3C(C2)c2cc(F)ccc2N3c2ccc(F)cc2)CC1. The summed E-state index contributed by atoms with van der Waals surface area (Å²) in [4.78, 5) is 10.1. The molecule has 2 atom stereocenters. The highest BCUT2D eigenvalue weighted by molar-refractivity contribution is 5.73. The predicted octanol–water partition coefficient (Wildman–Crippen LogP) is 5.08. The van der Waals surface area contributed by atoms with Gasteiger partial charge in [-0.05, 0) is 67.4 Å². The Labute approximate surface area is 203 Å². The highest BCUT2D eigenvalue weighted by Gasteiger charge is 2.42. The largest absolute Gasteiger partial charge is 0.337 e. The number of nitrogens with zero attached hydrogens (tertiary/aromatic N) is 4. The third kappa shape index (κ3) is 5.14. The van der Waals surface area contributed by atoms with Crippen LogP contribution >= 0.6 is 0 Å². The number of fused-ring (bicyclic) bond motifs is 3. The molecule has 0 aromatic heterocycles. The molecule has 2 fully saturated rings. The van der Waals surface area contributed by atoms with Crippen molar-refractivity contribution in [2.45, 2.75) is 44.6 Å². The number of unbranched alkanes of at least 4 members (excludes halogenated alkanes) is 2. The van der Waals surface area contributed by atoms with Crippen LogP contribution in [0.15, 0.2) is 42.5 Å². The smallest absolute Gasteiger partial charge is 0.123 e. The minimum absolute atomic E-state index is 0.174. The van der Waals surface area contributed by atoms with Crippen molar-refractivity contribution >= 4 is 11.4 Å². The Morgan fingerprint density at radius 3 is 2.18 bits per heavy atom. The first-order valence-electron chi connectivity index (χ1n) is 13.1. The lowest BCUT2D eigenvalue weighted by atomic mass is 9.89. The Balaban J connectivity index is 1.20. The van der Waals surface area contributed by atoms with Gasteiger partial charge in [0.1, 0.15) is 11.6 Å². The van der Waals surface area contributed by atoms with E-state index in [2.05, 4.69) is 26.5 Å². The summed E-state index contributed by atoms with van der Waals surface area (Å²) in [5.74, 6) is -0.122. The van der Waals surface area contributed by atoms with Crippen LogP contribution in [0.1, 0.15) is 44.1 Å². The lowest BCUT2D eigenvalue weighted by Gasteiger charge is -2.40. The van der Waals surface area contributed by atoms with E-state index in [1.165, 1.54) is 64.1 Å². The van der Waals surface area contributed by atoms with Crippen molar-refractivity contribution in [2.24, 2.45) is 0 Å². The van der Waals surface area contributed by atoms with Crippen molar-refractivity contribution in [1.82, 2.24) is 14.7 Å². The monoisotopic (exact) mass is 468 g/mol. The van der Waals surface area contributed by atoms with Crippen LogP contribution in [0.5, 0.6) is 0 Å². The Morgan fingerprint density at radius 2 is 1.44 bits per heavy atom. The zero-order valence-electron chi connectivity index (χ0n) is 20.4. The molecule has 2 aromatic carbocycles. The van der Waals surface area contributed by atoms with Crippen molar-refractivity contribution in [3.63, 3.8) is 0 Å². The molecule has 4 nitrogen and oxygen atoms in total. The van der Waals surface area contributed by atoms with Crippen LogP contribution in [-0.4, -0.2) is 79.6 Å². The normalized spacial score (nSPS) is 23.8. The van der Waals surface area contributed by atoms with Gasteiger partial charge in [0.2, 0.25) is 0 Å². The molecule has 0 radical (unpaired) electrons. The van der Waals surface area contributed by atoms with Crippen molar-refractivity contribution in [3.8, 4) is 0 Å². The molecule has 5 rings (SSSR count). The van der Waals surface area contributed by atoms with Gasteiger partial charge in [0, 0.05) is 75.7 Å². The maximum atomic E-state index is 14.2. The minimum Gasteiger partial charge on any atom is -0.337 e. The van der Waals surface area contributed by atoms with E-state index in [4.69, 9.17) is 0 Å². The first-order chi connectivity index (χ1) is 16.6. The number of benzene rings is 2. The quantitative estimate of drug-likeness (QED) is 0.501. The standard InChI is InChI=1S/C28H38F2N4/c1-2-3-4-12-31-14-16-32(17-15-31)18-19-33-13-11-28-26(21-33)25-20-23(30)7-10-27(25)34(28)24-8-5-22(29)6-9-24/h5-10,20,26,28H,2-4,11-19,21H2,1H3. The Kier molecular flexibility index (Phi) is 7.47. The van der Waals surface area contributed by atoms with Gasteiger partial charge in [-0.15, -0.1) is 0 Å². The van der Waals surface area contributed by atoms with Crippen LogP contribution in [-0.2, 0) is 0 Å². The molecule has 184 valence electrons. The molecule has 0 saturated carbocycles. The summed E-state index contributed by atoms with van der Waals surface area (Å²) < 4.78 is 27.8. The van der Waals surface area contributed by atoms with E-state index in [0.29, 0.717) is 6.04 Å². The third-order valence-corrected chi connectivity index (χ3v) is 8.02. The Bertz CT molecular complexity index is 942. The zero-order chi connectivity index (χ0) is 23.5. The molecular weight excluding hydrogens is 430 g/mol. The van der Waals surface area contributed by atoms with Gasteiger partial charge in [0.15, 0.2) is 0 Å². The molecule has 2 unspecified atom stereocenters. The molecule has 3 aliphatic heterocycles. The van der Waals surface area contributed by atoms with Gasteiger partial charge in [0.05, 0.1) is 0 Å². The summed E-state index contributed by atoms with van der Waals surface area (Å²) in [5, 5.41) is 0. The van der Waals surface area contributed by atoms with E-state index in [1.807, 2.05) is 18.2 Å². The molecule has 3 aliphatic rings. The summed E-state index contributed by atoms with van der Waals surface area (Å²) in [6, 6.07) is 12.2. The number of anilines is 2. The van der Waals surface area contributed by atoms with E-state index in [0.717, 1.165) is 49.5 Å². The summed E-state index contributed by atoms with van der Waals surface area (Å²) in [6.07, 6.45) is 4.98. The molecular formula is C28H38F2N4. The number of hydrogen-bond donors (Lipinski definition) is 0. The first-order valence-corrected chi connectivity index (χ1v) is 13.1. The molecule has 3 heterocycles. The molecule has 0 amide bonds. The maximum Gasteiger partial charge on any atom is 0.123 e. The molecule has 0 N–H and O–H groups in total. The number of rotatable bonds is 8. The van der Waals surface area contributed by atoms with E-state index < -0.39 is 0 Å². The Morgan fingerprint density at radius 1 is 0.765 bits per heavy atom. The summed E-state index contributed by atoms with van der Waals surface area (Å²) in [5.41, 5.74) is 3.16. The summed E-state index contributed by atoms with van der Waals surface area (Å²) in [6.45, 7) is 12.4. The minimum atomic E-state index is -0.226. The van der Waals surface area contributed by atoms with Crippen molar-refractivity contribution in [3.05, 3.63) is 59.7 Å². The van der Waals surface area contributed by atoms with Gasteiger partial charge >= 0.3 is 0 Å². The van der Waals surface area contributed by atoms with Crippen LogP contribution in [0, 0.1) is 11.6 Å². The van der Waals surface area contributed by atoms with Crippen molar-refractivity contribution in [2.75, 3.05) is 63.8 Å². The molecule has 0 spiro atoms. The lowest BCUT2D eigenvalue weighted by Crippen LogP contribution is -2.50. The van der Waals surface area contributed by atoms with Crippen LogP contribution < -0.4 is 4.90 Å². The number of halogens is 2. The molecule has 34 heavy (non-hydrogen) atoms. The van der Waals surface area contributed by atoms with E-state index in [9.17, 15) is 8.78 Å². The fraction of sp³-hybridized carbons (Fsp3) is 0.571. The van der Waals surface area contributed by atoms with Crippen LogP contribution in [0.2, 0.25) is 0 Å². The second kappa shape index (κ2) is 10.7. The van der Waals surface area contributed by atoms with Gasteiger partial charge in [0.25, 0.3) is 0 Å². The van der Waals surface area contributed by atoms with Crippen LogP contribution in [0.3, 0.4) is 0 Å². The summed E-state index contributed by atoms with van der Waals surface area (Å²) in [7, 11) is 0. The number of piperazine rings is 1. The van der Waals surface area contributed by atoms with Crippen molar-refractivity contribution in [1.29, 1.82) is 0 Å². The first kappa shape index (κ1) is 23.7. The number of hydrogen-bond acceptors (Lipinski definition) is 4. The second-order valence-corrected chi connectivity index (χ2v) is 10.2. The average molecular weight is 469 g/mol. The highest BCUT2D eigenvalue weighted by Crippen LogP contribution is 2.48. The van der Waals surface area contributed by atoms with Crippen molar-refractivity contribution < 1.29 is 8.78 Å². The molecule has 2 saturated heterocycles. The fourth-order valence-electron chi connectivity index (χ4n) is 6.08. The van der Waals surface area contributed by atoms with Crippen LogP contribution in [0.25, 0.3) is 0 Å². The average Bonchev–Trinajstić information content (AvgIpc) is 3.17. The second-order valence-electron chi connectivity index (χ2n) is 10.2. The molecule has 0 aliphatic carbocycles. The van der Waals surface area contributed by atoms with E-state index >= 15 is 0 Å². The summed E-state index contributed by atoms with van der Waals surface area (Å²) >= 11 is 0. The molecule has 0 bridgehead atoms. The fourth-order valence-corrected chi connectivity index (χ4v) is 6.08. The molecule has 2 aromatic rings. The van der Waals surface area contributed by atoms with Gasteiger partial charge in [-0.2, -0.15) is 0 Å². The Hall–Kier alpha value is -2.02. The maximum absolute atomic E-state index is 14.2. The van der Waals surface area contributed by atoms with E-state index in [1.54, 1.807) is 12.1 Å². The number of piperidine rings is 1. The lowest BCUT2D eigenvalue weighted by molar-refractivity contribution is 0.108. The predicted molar refractivity (Wildman–Crippen MR) is 135 cm³/mol. The van der Waals surface area contributed by atoms with Gasteiger partial charge in [-0.1, -0.05) is 19.8 Å². The topological polar surface area (TPSA) is 13.0 Å². The van der Waals surface area contributed by atoms with Gasteiger partial charge in [-0.3, -0.25) is 4.90 Å². The molecule has 6 heteroatoms. The van der Waals surface area contributed by atoms with Crippen LogP contribution in [0.4, 0.5) is 20.2 Å². The van der Waals surface area contributed by atoms with Gasteiger partial charge in [-0.25, -0.2) is 8.78 Å². The highest BCUT2D eigenvalue weighted by atomic mass is 19.1. The van der Waals surface area contributed by atoms with Gasteiger partial charge < -0.3 is 14.7 Å². The van der Waals surface area contributed by atoms with E-state index in [-0.39, 0.29) is 17.6 Å². The number of likely N-dealkylation sites (tertiary alicyclic amines) is 1.